The zero-order chi connectivity index (χ0) is 20.7. The van der Waals surface area contributed by atoms with Gasteiger partial charge in [0.15, 0.2) is 5.82 Å². The summed E-state index contributed by atoms with van der Waals surface area (Å²) in [4.78, 5) is 25.3. The molecule has 2 N–H and O–H groups in total. The fraction of sp³-hybridized carbons (Fsp3) is 0.300. The van der Waals surface area contributed by atoms with Crippen LogP contribution in [-0.4, -0.2) is 42.8 Å². The van der Waals surface area contributed by atoms with Crippen LogP contribution < -0.4 is 10.6 Å². The summed E-state index contributed by atoms with van der Waals surface area (Å²) in [5.74, 6) is 2.44. The highest BCUT2D eigenvalue weighted by molar-refractivity contribution is 6.03. The van der Waals surface area contributed by atoms with Crippen LogP contribution in [0.4, 0.5) is 11.6 Å². The summed E-state index contributed by atoms with van der Waals surface area (Å²) in [5, 5.41) is 16.3. The summed E-state index contributed by atoms with van der Waals surface area (Å²) in [6, 6.07) is 3.78. The third-order valence-electron chi connectivity index (χ3n) is 5.00. The molecule has 10 heteroatoms. The molecule has 0 unspecified atom stereocenters. The van der Waals surface area contributed by atoms with Gasteiger partial charge >= 0.3 is 0 Å². The van der Waals surface area contributed by atoms with E-state index in [9.17, 15) is 4.79 Å². The number of amides is 1. The SMILES string of the molecule is CNc1ncc(-c2ccn(Cc3noc(C)n3)n2)c2cc(NC(=O)C3CC3)ncc12. The number of hydrogen-bond donors (Lipinski definition) is 2. The van der Waals surface area contributed by atoms with Crippen molar-refractivity contribution in [2.45, 2.75) is 26.3 Å². The van der Waals surface area contributed by atoms with E-state index < -0.39 is 0 Å². The van der Waals surface area contributed by atoms with E-state index in [2.05, 4.69) is 35.8 Å². The molecule has 5 rings (SSSR count). The third kappa shape index (κ3) is 3.47. The Balaban J connectivity index is 1.51. The number of aromatic nitrogens is 6. The zero-order valence-corrected chi connectivity index (χ0v) is 16.6. The van der Waals surface area contributed by atoms with E-state index >= 15 is 0 Å². The van der Waals surface area contributed by atoms with Crippen LogP contribution in [0.3, 0.4) is 0 Å². The Bertz CT molecular complexity index is 1240. The van der Waals surface area contributed by atoms with Crippen molar-refractivity contribution in [2.75, 3.05) is 17.7 Å². The van der Waals surface area contributed by atoms with Gasteiger partial charge in [0.25, 0.3) is 0 Å². The maximum absolute atomic E-state index is 12.2. The lowest BCUT2D eigenvalue weighted by molar-refractivity contribution is -0.117. The Morgan fingerprint density at radius 2 is 2.13 bits per heavy atom. The maximum atomic E-state index is 12.2. The predicted octanol–water partition coefficient (Wildman–Crippen LogP) is 2.62. The number of anilines is 2. The molecule has 0 saturated heterocycles. The first kappa shape index (κ1) is 18.2. The number of nitrogens with one attached hydrogen (secondary N) is 2. The summed E-state index contributed by atoms with van der Waals surface area (Å²) in [5.41, 5.74) is 1.59. The Labute approximate surface area is 171 Å². The van der Waals surface area contributed by atoms with Gasteiger partial charge in [0, 0.05) is 54.8 Å². The molecular formula is C20H20N8O2. The van der Waals surface area contributed by atoms with Crippen LogP contribution >= 0.6 is 0 Å². The van der Waals surface area contributed by atoms with Gasteiger partial charge in [-0.3, -0.25) is 9.48 Å². The molecule has 30 heavy (non-hydrogen) atoms. The van der Waals surface area contributed by atoms with E-state index in [1.807, 2.05) is 25.4 Å². The van der Waals surface area contributed by atoms with Crippen LogP contribution in [0.15, 0.2) is 35.2 Å². The fourth-order valence-electron chi connectivity index (χ4n) is 3.32. The Morgan fingerprint density at radius 3 is 2.87 bits per heavy atom. The first-order valence-electron chi connectivity index (χ1n) is 9.71. The second-order valence-corrected chi connectivity index (χ2v) is 7.28. The number of nitrogens with zero attached hydrogens (tertiary/aromatic N) is 6. The topological polar surface area (TPSA) is 124 Å². The van der Waals surface area contributed by atoms with Crippen LogP contribution in [0.5, 0.6) is 0 Å². The largest absolute Gasteiger partial charge is 0.373 e. The van der Waals surface area contributed by atoms with Gasteiger partial charge in [0.05, 0.1) is 5.69 Å². The average Bonchev–Trinajstić information content (AvgIpc) is 3.38. The predicted molar refractivity (Wildman–Crippen MR) is 110 cm³/mol. The van der Waals surface area contributed by atoms with Crippen LogP contribution in [0.2, 0.25) is 0 Å². The first-order valence-corrected chi connectivity index (χ1v) is 9.71. The molecular weight excluding hydrogens is 384 g/mol. The Hall–Kier alpha value is -3.82. The molecule has 0 aromatic carbocycles. The van der Waals surface area contributed by atoms with E-state index in [4.69, 9.17) is 4.52 Å². The fourth-order valence-corrected chi connectivity index (χ4v) is 3.32. The summed E-state index contributed by atoms with van der Waals surface area (Å²) in [6.45, 7) is 2.15. The molecule has 4 aromatic heterocycles. The van der Waals surface area contributed by atoms with Crippen molar-refractivity contribution in [3.63, 3.8) is 0 Å². The van der Waals surface area contributed by atoms with E-state index in [0.717, 1.165) is 34.9 Å². The Morgan fingerprint density at radius 1 is 1.27 bits per heavy atom. The van der Waals surface area contributed by atoms with Gasteiger partial charge in [-0.15, -0.1) is 0 Å². The molecule has 0 radical (unpaired) electrons. The average molecular weight is 404 g/mol. The highest BCUT2D eigenvalue weighted by Gasteiger charge is 2.29. The first-order chi connectivity index (χ1) is 14.6. The van der Waals surface area contributed by atoms with Gasteiger partial charge in [-0.25, -0.2) is 9.97 Å². The van der Waals surface area contributed by atoms with Crippen LogP contribution in [-0.2, 0) is 11.3 Å². The minimum Gasteiger partial charge on any atom is -0.373 e. The van der Waals surface area contributed by atoms with Crippen molar-refractivity contribution in [1.29, 1.82) is 0 Å². The number of rotatable bonds is 6. The number of pyridine rings is 2. The van der Waals surface area contributed by atoms with E-state index in [0.29, 0.717) is 29.9 Å². The van der Waals surface area contributed by atoms with E-state index in [-0.39, 0.29) is 11.8 Å². The summed E-state index contributed by atoms with van der Waals surface area (Å²) in [6.07, 6.45) is 7.23. The Kier molecular flexibility index (Phi) is 4.38. The molecule has 0 bridgehead atoms. The lowest BCUT2D eigenvalue weighted by Crippen LogP contribution is -2.14. The van der Waals surface area contributed by atoms with Crippen LogP contribution in [0.25, 0.3) is 22.0 Å². The van der Waals surface area contributed by atoms with Crippen molar-refractivity contribution >= 4 is 28.3 Å². The van der Waals surface area contributed by atoms with Crippen molar-refractivity contribution in [2.24, 2.45) is 5.92 Å². The smallest absolute Gasteiger partial charge is 0.228 e. The number of fused-ring (bicyclic) bond motifs is 1. The quantitative estimate of drug-likeness (QED) is 0.503. The second-order valence-electron chi connectivity index (χ2n) is 7.28. The van der Waals surface area contributed by atoms with E-state index in [1.165, 1.54) is 0 Å². The standard InChI is InChI=1S/C20H20N8O2/c1-11-24-18(27-30-11)10-28-6-5-16(26-28)14-8-23-19(21-2)15-9-22-17(7-13(14)15)25-20(29)12-3-4-12/h5-9,12H,3-4,10H2,1-2H3,(H,21,23)(H,22,25,29). The summed E-state index contributed by atoms with van der Waals surface area (Å²) < 4.78 is 6.76. The molecule has 1 aliphatic rings. The molecule has 10 nitrogen and oxygen atoms in total. The molecule has 1 amide bonds. The molecule has 1 aliphatic carbocycles. The van der Waals surface area contributed by atoms with E-state index in [1.54, 1.807) is 24.0 Å². The third-order valence-corrected chi connectivity index (χ3v) is 5.00. The lowest BCUT2D eigenvalue weighted by Gasteiger charge is -2.11. The molecule has 1 fully saturated rings. The van der Waals surface area contributed by atoms with Crippen molar-refractivity contribution < 1.29 is 9.32 Å². The molecule has 0 spiro atoms. The van der Waals surface area contributed by atoms with Crippen LogP contribution in [0.1, 0.15) is 24.6 Å². The van der Waals surface area contributed by atoms with Gasteiger partial charge in [-0.2, -0.15) is 10.1 Å². The van der Waals surface area contributed by atoms with Gasteiger partial charge in [-0.05, 0) is 25.0 Å². The highest BCUT2D eigenvalue weighted by atomic mass is 16.5. The van der Waals surface area contributed by atoms with Crippen molar-refractivity contribution in [3.05, 3.63) is 42.4 Å². The number of carbonyl (C=O) groups is 1. The number of hydrogen-bond acceptors (Lipinski definition) is 8. The van der Waals surface area contributed by atoms with Gasteiger partial charge in [0.1, 0.15) is 18.2 Å². The lowest BCUT2D eigenvalue weighted by atomic mass is 10.1. The molecule has 0 atom stereocenters. The normalized spacial score (nSPS) is 13.5. The maximum Gasteiger partial charge on any atom is 0.228 e. The second kappa shape index (κ2) is 7.21. The van der Waals surface area contributed by atoms with Crippen LogP contribution in [0, 0.1) is 12.8 Å². The zero-order valence-electron chi connectivity index (χ0n) is 16.6. The molecule has 152 valence electrons. The molecule has 1 saturated carbocycles. The molecule has 0 aliphatic heterocycles. The van der Waals surface area contributed by atoms with Gasteiger partial charge in [0.2, 0.25) is 11.8 Å². The minimum absolute atomic E-state index is 0.0194. The molecule has 4 aromatic rings. The van der Waals surface area contributed by atoms with Crippen molar-refractivity contribution in [3.8, 4) is 11.3 Å². The summed E-state index contributed by atoms with van der Waals surface area (Å²) >= 11 is 0. The summed E-state index contributed by atoms with van der Waals surface area (Å²) in [7, 11) is 1.81. The van der Waals surface area contributed by atoms with Gasteiger partial charge < -0.3 is 15.2 Å². The number of carbonyl (C=O) groups excluding carboxylic acids is 1. The molecule has 4 heterocycles. The van der Waals surface area contributed by atoms with Gasteiger partial charge in [-0.1, -0.05) is 5.16 Å². The monoisotopic (exact) mass is 404 g/mol. The number of aryl methyl sites for hydroxylation is 1. The van der Waals surface area contributed by atoms with Crippen molar-refractivity contribution in [1.82, 2.24) is 29.9 Å². The highest BCUT2D eigenvalue weighted by Crippen LogP contribution is 2.33. The minimum atomic E-state index is 0.0194.